The molecule has 1 aromatic carbocycles. The highest BCUT2D eigenvalue weighted by atomic mass is 32.1. The van der Waals surface area contributed by atoms with Crippen molar-refractivity contribution >= 4 is 28.3 Å². The fourth-order valence-electron chi connectivity index (χ4n) is 2.07. The zero-order chi connectivity index (χ0) is 14.1. The summed E-state index contributed by atoms with van der Waals surface area (Å²) in [5, 5.41) is 1.01. The van der Waals surface area contributed by atoms with Gasteiger partial charge < -0.3 is 9.88 Å². The molecular formula is C14H14N4OS. The van der Waals surface area contributed by atoms with Gasteiger partial charge in [0.1, 0.15) is 0 Å². The number of hydrogen-bond acceptors (Lipinski definition) is 4. The van der Waals surface area contributed by atoms with Gasteiger partial charge in [0.15, 0.2) is 0 Å². The number of carbonyl (C=O) groups is 1. The molecule has 1 amide bonds. The summed E-state index contributed by atoms with van der Waals surface area (Å²) in [6.07, 6.45) is 3.45. The summed E-state index contributed by atoms with van der Waals surface area (Å²) in [7, 11) is 1.80. The van der Waals surface area contributed by atoms with E-state index in [0.717, 1.165) is 20.9 Å². The normalized spacial score (nSPS) is 10.9. The summed E-state index contributed by atoms with van der Waals surface area (Å²) in [6, 6.07) is 5.49. The standard InChI is InChI=1S/C14H14N4OS/c1-9-15-6-11(20-9)7-18(2)14(19)10-3-4-12-13(5-10)17-8-16-12/h3-6,8H,7H2,1-2H3,(H,16,17). The van der Waals surface area contributed by atoms with Crippen molar-refractivity contribution in [1.29, 1.82) is 0 Å². The van der Waals surface area contributed by atoms with Gasteiger partial charge in [-0.25, -0.2) is 9.97 Å². The second-order valence-corrected chi connectivity index (χ2v) is 5.96. The fourth-order valence-corrected chi connectivity index (χ4v) is 2.92. The molecule has 0 bridgehead atoms. The lowest BCUT2D eigenvalue weighted by Crippen LogP contribution is -2.25. The van der Waals surface area contributed by atoms with E-state index in [-0.39, 0.29) is 5.91 Å². The predicted octanol–water partition coefficient (Wildman–Crippen LogP) is 2.60. The fraction of sp³-hybridized carbons (Fsp3) is 0.214. The Hall–Kier alpha value is -2.21. The van der Waals surface area contributed by atoms with Crippen LogP contribution in [-0.4, -0.2) is 32.8 Å². The number of hydrogen-bond donors (Lipinski definition) is 1. The topological polar surface area (TPSA) is 61.9 Å². The minimum Gasteiger partial charge on any atom is -0.345 e. The van der Waals surface area contributed by atoms with E-state index in [0.29, 0.717) is 12.1 Å². The third-order valence-corrected chi connectivity index (χ3v) is 3.97. The van der Waals surface area contributed by atoms with Crippen LogP contribution >= 0.6 is 11.3 Å². The van der Waals surface area contributed by atoms with E-state index < -0.39 is 0 Å². The van der Waals surface area contributed by atoms with Crippen LogP contribution in [0.25, 0.3) is 11.0 Å². The molecule has 0 fully saturated rings. The summed E-state index contributed by atoms with van der Waals surface area (Å²) < 4.78 is 0. The SMILES string of the molecule is Cc1ncc(CN(C)C(=O)c2ccc3nc[nH]c3c2)s1. The summed E-state index contributed by atoms with van der Waals surface area (Å²) in [6.45, 7) is 2.54. The number of nitrogens with one attached hydrogen (secondary N) is 1. The Morgan fingerprint density at radius 1 is 1.40 bits per heavy atom. The van der Waals surface area contributed by atoms with Crippen molar-refractivity contribution in [2.24, 2.45) is 0 Å². The van der Waals surface area contributed by atoms with Crippen LogP contribution in [0.2, 0.25) is 0 Å². The van der Waals surface area contributed by atoms with Crippen LogP contribution in [0.5, 0.6) is 0 Å². The Bertz CT molecular complexity index is 761. The van der Waals surface area contributed by atoms with Crippen LogP contribution in [0.15, 0.2) is 30.7 Å². The van der Waals surface area contributed by atoms with Gasteiger partial charge in [0, 0.05) is 23.7 Å². The number of nitrogens with zero attached hydrogens (tertiary/aromatic N) is 3. The first-order valence-corrected chi connectivity index (χ1v) is 7.05. The second-order valence-electron chi connectivity index (χ2n) is 4.64. The third-order valence-electron chi connectivity index (χ3n) is 3.08. The lowest BCUT2D eigenvalue weighted by molar-refractivity contribution is 0.0786. The van der Waals surface area contributed by atoms with Crippen LogP contribution in [0.4, 0.5) is 0 Å². The third kappa shape index (κ3) is 2.42. The molecule has 20 heavy (non-hydrogen) atoms. The average Bonchev–Trinajstić information content (AvgIpc) is 3.05. The molecule has 3 rings (SSSR count). The van der Waals surface area contributed by atoms with Crippen molar-refractivity contribution < 1.29 is 4.79 Å². The predicted molar refractivity (Wildman–Crippen MR) is 78.7 cm³/mol. The van der Waals surface area contributed by atoms with Gasteiger partial charge >= 0.3 is 0 Å². The highest BCUT2D eigenvalue weighted by molar-refractivity contribution is 7.11. The zero-order valence-electron chi connectivity index (χ0n) is 11.3. The molecule has 0 spiro atoms. The molecule has 0 atom stereocenters. The van der Waals surface area contributed by atoms with Gasteiger partial charge in [-0.15, -0.1) is 11.3 Å². The molecule has 1 N–H and O–H groups in total. The minimum absolute atomic E-state index is 0.00690. The van der Waals surface area contributed by atoms with Gasteiger partial charge in [-0.1, -0.05) is 0 Å². The molecule has 0 saturated carbocycles. The number of amides is 1. The van der Waals surface area contributed by atoms with Gasteiger partial charge in [-0.05, 0) is 25.1 Å². The van der Waals surface area contributed by atoms with E-state index in [4.69, 9.17) is 0 Å². The summed E-state index contributed by atoms with van der Waals surface area (Å²) in [5.74, 6) is -0.00690. The van der Waals surface area contributed by atoms with Crippen LogP contribution in [0, 0.1) is 6.92 Å². The van der Waals surface area contributed by atoms with Gasteiger partial charge in [-0.3, -0.25) is 4.79 Å². The summed E-state index contributed by atoms with van der Waals surface area (Å²) >= 11 is 1.61. The van der Waals surface area contributed by atoms with Crippen molar-refractivity contribution in [1.82, 2.24) is 19.9 Å². The maximum Gasteiger partial charge on any atom is 0.254 e. The lowest BCUT2D eigenvalue weighted by Gasteiger charge is -2.16. The molecule has 3 aromatic rings. The lowest BCUT2D eigenvalue weighted by atomic mass is 10.2. The van der Waals surface area contributed by atoms with Crippen molar-refractivity contribution in [3.05, 3.63) is 46.2 Å². The number of rotatable bonds is 3. The van der Waals surface area contributed by atoms with Gasteiger partial charge in [0.25, 0.3) is 5.91 Å². The molecule has 0 saturated heterocycles. The first kappa shape index (κ1) is 12.8. The Balaban J connectivity index is 1.80. The van der Waals surface area contributed by atoms with E-state index in [1.807, 2.05) is 25.3 Å². The highest BCUT2D eigenvalue weighted by Crippen LogP contribution is 2.17. The second kappa shape index (κ2) is 5.05. The first-order valence-electron chi connectivity index (χ1n) is 6.23. The molecule has 0 aliphatic heterocycles. The Labute approximate surface area is 120 Å². The number of imidazole rings is 1. The molecule has 0 unspecified atom stereocenters. The number of thiazole rings is 1. The molecular weight excluding hydrogens is 272 g/mol. The van der Waals surface area contributed by atoms with Gasteiger partial charge in [0.2, 0.25) is 0 Å². The van der Waals surface area contributed by atoms with Crippen LogP contribution in [0.1, 0.15) is 20.2 Å². The minimum atomic E-state index is -0.00690. The number of aromatic amines is 1. The summed E-state index contributed by atoms with van der Waals surface area (Å²) in [5.41, 5.74) is 2.39. The molecule has 0 aliphatic carbocycles. The number of aromatic nitrogens is 3. The Morgan fingerprint density at radius 3 is 3.00 bits per heavy atom. The van der Waals surface area contributed by atoms with E-state index in [1.54, 1.807) is 35.7 Å². The first-order chi connectivity index (χ1) is 9.63. The highest BCUT2D eigenvalue weighted by Gasteiger charge is 2.14. The number of aryl methyl sites for hydroxylation is 1. The average molecular weight is 286 g/mol. The molecule has 2 heterocycles. The monoisotopic (exact) mass is 286 g/mol. The van der Waals surface area contributed by atoms with Crippen LogP contribution in [-0.2, 0) is 6.54 Å². The number of carbonyl (C=O) groups excluding carboxylic acids is 1. The van der Waals surface area contributed by atoms with E-state index in [2.05, 4.69) is 15.0 Å². The number of benzene rings is 1. The van der Waals surface area contributed by atoms with Crippen LogP contribution < -0.4 is 0 Å². The molecule has 6 heteroatoms. The number of H-pyrrole nitrogens is 1. The van der Waals surface area contributed by atoms with Crippen molar-refractivity contribution in [2.75, 3.05) is 7.05 Å². The zero-order valence-corrected chi connectivity index (χ0v) is 12.1. The van der Waals surface area contributed by atoms with Crippen molar-refractivity contribution in [2.45, 2.75) is 13.5 Å². The van der Waals surface area contributed by atoms with Gasteiger partial charge in [-0.2, -0.15) is 0 Å². The summed E-state index contributed by atoms with van der Waals surface area (Å²) in [4.78, 5) is 26.5. The molecule has 2 aromatic heterocycles. The smallest absolute Gasteiger partial charge is 0.254 e. The van der Waals surface area contributed by atoms with E-state index in [1.165, 1.54) is 0 Å². The van der Waals surface area contributed by atoms with Crippen LogP contribution in [0.3, 0.4) is 0 Å². The quantitative estimate of drug-likeness (QED) is 0.805. The molecule has 5 nitrogen and oxygen atoms in total. The maximum atomic E-state index is 12.4. The Morgan fingerprint density at radius 2 is 2.25 bits per heavy atom. The van der Waals surface area contributed by atoms with E-state index in [9.17, 15) is 4.79 Å². The van der Waals surface area contributed by atoms with Crippen molar-refractivity contribution in [3.8, 4) is 0 Å². The Kier molecular flexibility index (Phi) is 3.23. The molecule has 102 valence electrons. The number of fused-ring (bicyclic) bond motifs is 1. The molecule has 0 radical (unpaired) electrons. The van der Waals surface area contributed by atoms with Crippen molar-refractivity contribution in [3.63, 3.8) is 0 Å². The molecule has 0 aliphatic rings. The van der Waals surface area contributed by atoms with E-state index >= 15 is 0 Å². The largest absolute Gasteiger partial charge is 0.345 e. The maximum absolute atomic E-state index is 12.4. The van der Waals surface area contributed by atoms with Gasteiger partial charge in [0.05, 0.1) is 28.9 Å².